The van der Waals surface area contributed by atoms with Gasteiger partial charge < -0.3 is 24.5 Å². The molecular formula is C9H12O6. The molecule has 1 aromatic heterocycles. The molecule has 2 unspecified atom stereocenters. The summed E-state index contributed by atoms with van der Waals surface area (Å²) in [6.45, 7) is -0.602. The first-order chi connectivity index (χ1) is 7.10. The molecule has 0 radical (unpaired) electrons. The van der Waals surface area contributed by atoms with Gasteiger partial charge in [-0.3, -0.25) is 0 Å². The normalized spacial score (nSPS) is 14.7. The maximum absolute atomic E-state index is 11.0. The molecule has 0 saturated heterocycles. The summed E-state index contributed by atoms with van der Waals surface area (Å²) in [4.78, 5) is 11.0. The van der Waals surface area contributed by atoms with E-state index in [-0.39, 0.29) is 11.5 Å². The van der Waals surface area contributed by atoms with Crippen molar-refractivity contribution in [2.24, 2.45) is 0 Å². The van der Waals surface area contributed by atoms with Crippen LogP contribution in [0.25, 0.3) is 0 Å². The summed E-state index contributed by atoms with van der Waals surface area (Å²) < 4.78 is 9.32. The first kappa shape index (κ1) is 11.7. The predicted molar refractivity (Wildman–Crippen MR) is 48.1 cm³/mol. The number of esters is 1. The summed E-state index contributed by atoms with van der Waals surface area (Å²) in [5, 5.41) is 27.1. The van der Waals surface area contributed by atoms with Crippen LogP contribution in [0.15, 0.2) is 16.5 Å². The van der Waals surface area contributed by atoms with Gasteiger partial charge in [0.25, 0.3) is 0 Å². The molecule has 1 aromatic rings. The molecule has 84 valence electrons. The van der Waals surface area contributed by atoms with Crippen LogP contribution < -0.4 is 0 Å². The minimum absolute atomic E-state index is 0.00282. The van der Waals surface area contributed by atoms with Crippen molar-refractivity contribution in [2.45, 2.75) is 12.2 Å². The van der Waals surface area contributed by atoms with Crippen LogP contribution in [-0.4, -0.2) is 41.1 Å². The molecule has 0 amide bonds. The van der Waals surface area contributed by atoms with Crippen molar-refractivity contribution in [3.63, 3.8) is 0 Å². The molecule has 0 spiro atoms. The maximum Gasteiger partial charge on any atom is 0.373 e. The van der Waals surface area contributed by atoms with Crippen molar-refractivity contribution in [3.05, 3.63) is 23.7 Å². The average Bonchev–Trinajstić information content (AvgIpc) is 2.75. The Balaban J connectivity index is 2.79. The second kappa shape index (κ2) is 4.92. The molecular weight excluding hydrogens is 204 g/mol. The minimum Gasteiger partial charge on any atom is -0.463 e. The largest absolute Gasteiger partial charge is 0.463 e. The molecule has 0 fully saturated rings. The summed E-state index contributed by atoms with van der Waals surface area (Å²) in [5.41, 5.74) is 0. The molecule has 0 aliphatic rings. The van der Waals surface area contributed by atoms with Gasteiger partial charge in [-0.05, 0) is 12.1 Å². The van der Waals surface area contributed by atoms with Crippen LogP contribution in [-0.2, 0) is 4.74 Å². The van der Waals surface area contributed by atoms with E-state index in [2.05, 4.69) is 4.74 Å². The van der Waals surface area contributed by atoms with Gasteiger partial charge in [-0.1, -0.05) is 0 Å². The zero-order chi connectivity index (χ0) is 11.4. The number of furan rings is 1. The lowest BCUT2D eigenvalue weighted by Crippen LogP contribution is -2.21. The Morgan fingerprint density at radius 1 is 1.53 bits per heavy atom. The smallest absolute Gasteiger partial charge is 0.373 e. The van der Waals surface area contributed by atoms with Gasteiger partial charge in [0.1, 0.15) is 18.0 Å². The number of ether oxygens (including phenoxy) is 1. The lowest BCUT2D eigenvalue weighted by Gasteiger charge is -2.12. The quantitative estimate of drug-likeness (QED) is 0.584. The van der Waals surface area contributed by atoms with Crippen molar-refractivity contribution in [1.29, 1.82) is 0 Å². The Kier molecular flexibility index (Phi) is 3.84. The zero-order valence-electron chi connectivity index (χ0n) is 8.08. The van der Waals surface area contributed by atoms with Crippen molar-refractivity contribution >= 4 is 5.97 Å². The van der Waals surface area contributed by atoms with Crippen molar-refractivity contribution in [2.75, 3.05) is 13.7 Å². The van der Waals surface area contributed by atoms with Gasteiger partial charge in [-0.15, -0.1) is 0 Å². The highest BCUT2D eigenvalue weighted by Gasteiger charge is 2.22. The van der Waals surface area contributed by atoms with E-state index in [1.165, 1.54) is 19.2 Å². The van der Waals surface area contributed by atoms with Crippen LogP contribution in [0, 0.1) is 0 Å². The predicted octanol–water partition coefficient (Wildman–Crippen LogP) is -0.547. The second-order valence-corrected chi connectivity index (χ2v) is 2.89. The Morgan fingerprint density at radius 2 is 2.20 bits per heavy atom. The molecule has 2 atom stereocenters. The number of rotatable bonds is 4. The van der Waals surface area contributed by atoms with Gasteiger partial charge in [0, 0.05) is 0 Å². The average molecular weight is 216 g/mol. The summed E-state index contributed by atoms with van der Waals surface area (Å²) in [6, 6.07) is 2.64. The van der Waals surface area contributed by atoms with E-state index < -0.39 is 24.8 Å². The number of aliphatic hydroxyl groups excluding tert-OH is 3. The van der Waals surface area contributed by atoms with Crippen LogP contribution in [0.1, 0.15) is 22.4 Å². The van der Waals surface area contributed by atoms with E-state index in [9.17, 15) is 9.90 Å². The number of carbonyl (C=O) groups excluding carboxylic acids is 1. The molecule has 15 heavy (non-hydrogen) atoms. The maximum atomic E-state index is 11.0. The third-order valence-electron chi connectivity index (χ3n) is 1.86. The van der Waals surface area contributed by atoms with Crippen LogP contribution in [0.2, 0.25) is 0 Å². The highest BCUT2D eigenvalue weighted by Crippen LogP contribution is 2.19. The monoisotopic (exact) mass is 216 g/mol. The van der Waals surface area contributed by atoms with Crippen LogP contribution in [0.5, 0.6) is 0 Å². The van der Waals surface area contributed by atoms with Crippen LogP contribution >= 0.6 is 0 Å². The Labute approximate surface area is 85.7 Å². The fourth-order valence-electron chi connectivity index (χ4n) is 1.01. The van der Waals surface area contributed by atoms with E-state index in [0.717, 1.165) is 0 Å². The third-order valence-corrected chi connectivity index (χ3v) is 1.86. The molecule has 6 heteroatoms. The summed E-state index contributed by atoms with van der Waals surface area (Å²) in [5.74, 6) is -0.749. The van der Waals surface area contributed by atoms with E-state index in [0.29, 0.717) is 0 Å². The third kappa shape index (κ3) is 2.56. The van der Waals surface area contributed by atoms with Crippen molar-refractivity contribution in [1.82, 2.24) is 0 Å². The SMILES string of the molecule is COC(=O)c1ccc(C(O)C(O)CO)o1. The van der Waals surface area contributed by atoms with Crippen LogP contribution in [0.4, 0.5) is 0 Å². The second-order valence-electron chi connectivity index (χ2n) is 2.89. The summed E-state index contributed by atoms with van der Waals surface area (Å²) >= 11 is 0. The van der Waals surface area contributed by atoms with Crippen molar-refractivity contribution in [3.8, 4) is 0 Å². The van der Waals surface area contributed by atoms with Gasteiger partial charge in [0.05, 0.1) is 13.7 Å². The molecule has 0 saturated carbocycles. The fraction of sp³-hybridized carbons (Fsp3) is 0.444. The molecule has 6 nitrogen and oxygen atoms in total. The number of methoxy groups -OCH3 is 1. The highest BCUT2D eigenvalue weighted by atomic mass is 16.5. The van der Waals surface area contributed by atoms with Crippen LogP contribution in [0.3, 0.4) is 0 Å². The van der Waals surface area contributed by atoms with Gasteiger partial charge in [-0.2, -0.15) is 0 Å². The standard InChI is InChI=1S/C9H12O6/c1-14-9(13)7-3-2-6(15-7)8(12)5(11)4-10/h2-3,5,8,10-12H,4H2,1H3. The molecule has 1 rings (SSSR count). The van der Waals surface area contributed by atoms with Gasteiger partial charge in [0.2, 0.25) is 5.76 Å². The Morgan fingerprint density at radius 3 is 2.73 bits per heavy atom. The summed E-state index contributed by atoms with van der Waals surface area (Å²) in [6.07, 6.45) is -2.71. The minimum atomic E-state index is -1.37. The Bertz CT molecular complexity index is 331. The van der Waals surface area contributed by atoms with Gasteiger partial charge in [-0.25, -0.2) is 4.79 Å². The molecule has 0 bridgehead atoms. The topological polar surface area (TPSA) is 100 Å². The Hall–Kier alpha value is -1.37. The zero-order valence-corrected chi connectivity index (χ0v) is 8.08. The number of aliphatic hydroxyl groups is 3. The highest BCUT2D eigenvalue weighted by molar-refractivity contribution is 5.86. The molecule has 0 aliphatic carbocycles. The van der Waals surface area contributed by atoms with Gasteiger partial charge >= 0.3 is 5.97 Å². The molecule has 3 N–H and O–H groups in total. The lowest BCUT2D eigenvalue weighted by atomic mass is 10.2. The van der Waals surface area contributed by atoms with E-state index >= 15 is 0 Å². The fourth-order valence-corrected chi connectivity index (χ4v) is 1.01. The van der Waals surface area contributed by atoms with Gasteiger partial charge in [0.15, 0.2) is 0 Å². The van der Waals surface area contributed by atoms with E-state index in [1.54, 1.807) is 0 Å². The number of hydrogen-bond donors (Lipinski definition) is 3. The van der Waals surface area contributed by atoms with Crippen molar-refractivity contribution < 1.29 is 29.3 Å². The van der Waals surface area contributed by atoms with E-state index in [4.69, 9.17) is 14.6 Å². The number of hydrogen-bond acceptors (Lipinski definition) is 6. The molecule has 0 aromatic carbocycles. The molecule has 0 aliphatic heterocycles. The number of carbonyl (C=O) groups is 1. The first-order valence-corrected chi connectivity index (χ1v) is 4.25. The first-order valence-electron chi connectivity index (χ1n) is 4.25. The summed E-state index contributed by atoms with van der Waals surface area (Å²) in [7, 11) is 1.20. The molecule has 1 heterocycles. The van der Waals surface area contributed by atoms with E-state index in [1.807, 2.05) is 0 Å². The lowest BCUT2D eigenvalue weighted by molar-refractivity contribution is -0.0257.